The summed E-state index contributed by atoms with van der Waals surface area (Å²) in [4.78, 5) is 0. The monoisotopic (exact) mass is 230 g/mol. The van der Waals surface area contributed by atoms with E-state index in [9.17, 15) is 26.3 Å². The van der Waals surface area contributed by atoms with Crippen LogP contribution in [0.5, 0.6) is 0 Å². The van der Waals surface area contributed by atoms with Crippen LogP contribution < -0.4 is 0 Å². The smallest absolute Gasteiger partial charge is 0.166 e. The van der Waals surface area contributed by atoms with Crippen LogP contribution in [0.3, 0.4) is 0 Å². The molecule has 0 fully saturated rings. The van der Waals surface area contributed by atoms with E-state index >= 15 is 0 Å². The first-order chi connectivity index (χ1) is 6.60. The van der Waals surface area contributed by atoms with Crippen molar-refractivity contribution in [3.05, 3.63) is 23.3 Å². The quantitative estimate of drug-likeness (QED) is 0.551. The van der Waals surface area contributed by atoms with Gasteiger partial charge in [0, 0.05) is 5.57 Å². The molecule has 1 atom stereocenters. The lowest BCUT2D eigenvalue weighted by Crippen LogP contribution is -2.21. The molecule has 0 aromatic carbocycles. The minimum atomic E-state index is -4.72. The van der Waals surface area contributed by atoms with Crippen molar-refractivity contribution in [2.24, 2.45) is 5.92 Å². The third kappa shape index (κ3) is 3.00. The average Bonchev–Trinajstić information content (AvgIpc) is 1.99. The van der Waals surface area contributed by atoms with Crippen molar-refractivity contribution < 1.29 is 26.3 Å². The van der Waals surface area contributed by atoms with Gasteiger partial charge < -0.3 is 0 Å². The highest BCUT2D eigenvalue weighted by Crippen LogP contribution is 2.39. The van der Waals surface area contributed by atoms with Crippen LogP contribution in [0, 0.1) is 5.92 Å². The Morgan fingerprint density at radius 1 is 1.07 bits per heavy atom. The number of allylic oxidation sites excluding steroid dienone is 4. The zero-order chi connectivity index (χ0) is 11.9. The van der Waals surface area contributed by atoms with Crippen molar-refractivity contribution >= 4 is 0 Å². The van der Waals surface area contributed by atoms with E-state index in [-0.39, 0.29) is 6.08 Å². The molecule has 1 aliphatic rings. The Morgan fingerprint density at radius 2 is 1.60 bits per heavy atom. The van der Waals surface area contributed by atoms with Gasteiger partial charge in [-0.05, 0) is 18.4 Å². The maximum Gasteiger partial charge on any atom is 0.416 e. The van der Waals surface area contributed by atoms with Gasteiger partial charge in [-0.25, -0.2) is 0 Å². The average molecular weight is 230 g/mol. The topological polar surface area (TPSA) is 0 Å². The molecule has 0 saturated heterocycles. The highest BCUT2D eigenvalue weighted by Gasteiger charge is 2.40. The van der Waals surface area contributed by atoms with E-state index in [2.05, 4.69) is 0 Å². The second kappa shape index (κ2) is 3.57. The molecule has 0 nitrogen and oxygen atoms in total. The summed E-state index contributed by atoms with van der Waals surface area (Å²) in [6, 6.07) is 0. The molecule has 0 bridgehead atoms. The van der Waals surface area contributed by atoms with Crippen molar-refractivity contribution in [1.29, 1.82) is 0 Å². The molecule has 1 aliphatic carbocycles. The molecular weight excluding hydrogens is 222 g/mol. The predicted molar refractivity (Wildman–Crippen MR) is 42.1 cm³/mol. The fraction of sp³-hybridized carbons (Fsp3) is 0.556. The van der Waals surface area contributed by atoms with Crippen LogP contribution in [-0.4, -0.2) is 12.4 Å². The van der Waals surface area contributed by atoms with E-state index in [1.54, 1.807) is 0 Å². The van der Waals surface area contributed by atoms with Crippen LogP contribution in [0.4, 0.5) is 26.3 Å². The zero-order valence-electron chi connectivity index (χ0n) is 7.71. The maximum absolute atomic E-state index is 12.2. The van der Waals surface area contributed by atoms with Crippen molar-refractivity contribution in [2.45, 2.75) is 25.7 Å². The van der Waals surface area contributed by atoms with E-state index in [1.165, 1.54) is 6.92 Å². The third-order valence-corrected chi connectivity index (χ3v) is 2.03. The molecular formula is C9H8F6. The maximum atomic E-state index is 12.2. The fourth-order valence-corrected chi connectivity index (χ4v) is 1.38. The van der Waals surface area contributed by atoms with Gasteiger partial charge in [0.05, 0.1) is 5.57 Å². The minimum absolute atomic E-state index is 0.181. The van der Waals surface area contributed by atoms with E-state index in [0.717, 1.165) is 6.08 Å². The number of rotatable bonds is 0. The molecule has 0 aromatic rings. The van der Waals surface area contributed by atoms with Gasteiger partial charge in [-0.1, -0.05) is 13.0 Å². The lowest BCUT2D eigenvalue weighted by molar-refractivity contribution is -0.0998. The summed E-state index contributed by atoms with van der Waals surface area (Å²) in [7, 11) is 0. The zero-order valence-corrected chi connectivity index (χ0v) is 7.71. The second-order valence-corrected chi connectivity index (χ2v) is 3.47. The Hall–Kier alpha value is -0.940. The van der Waals surface area contributed by atoms with Crippen LogP contribution >= 0.6 is 0 Å². The standard InChI is InChI=1S/C9H8F6/c1-5-2-6(8(10,11)12)4-7(3-5)9(13,14)15/h2,4-5H,3H2,1H3. The third-order valence-electron chi connectivity index (χ3n) is 2.03. The number of alkyl halides is 6. The van der Waals surface area contributed by atoms with Crippen LogP contribution in [0.25, 0.3) is 0 Å². The first-order valence-electron chi connectivity index (χ1n) is 4.17. The molecule has 6 heteroatoms. The summed E-state index contributed by atoms with van der Waals surface area (Å²) in [5.41, 5.74) is -2.33. The van der Waals surface area contributed by atoms with Gasteiger partial charge in [0.2, 0.25) is 0 Å². The summed E-state index contributed by atoms with van der Waals surface area (Å²) < 4.78 is 73.2. The molecule has 0 aromatic heterocycles. The van der Waals surface area contributed by atoms with Gasteiger partial charge in [0.1, 0.15) is 0 Å². The van der Waals surface area contributed by atoms with E-state index in [1.807, 2.05) is 0 Å². The summed E-state index contributed by atoms with van der Waals surface area (Å²) >= 11 is 0. The molecule has 0 saturated carbocycles. The molecule has 0 radical (unpaired) electrons. The predicted octanol–water partition coefficient (Wildman–Crippen LogP) is 4.00. The molecule has 15 heavy (non-hydrogen) atoms. The van der Waals surface area contributed by atoms with E-state index in [0.29, 0.717) is 0 Å². The van der Waals surface area contributed by atoms with Crippen molar-refractivity contribution in [3.63, 3.8) is 0 Å². The van der Waals surface area contributed by atoms with Gasteiger partial charge >= 0.3 is 12.4 Å². The minimum Gasteiger partial charge on any atom is -0.166 e. The molecule has 86 valence electrons. The van der Waals surface area contributed by atoms with Gasteiger partial charge in [-0.3, -0.25) is 0 Å². The Balaban J connectivity index is 3.06. The number of halogens is 6. The fourth-order valence-electron chi connectivity index (χ4n) is 1.38. The summed E-state index contributed by atoms with van der Waals surface area (Å²) in [5, 5.41) is 0. The van der Waals surface area contributed by atoms with Crippen LogP contribution in [-0.2, 0) is 0 Å². The van der Waals surface area contributed by atoms with Crippen molar-refractivity contribution in [1.82, 2.24) is 0 Å². The highest BCUT2D eigenvalue weighted by molar-refractivity contribution is 5.34. The first kappa shape index (κ1) is 12.1. The van der Waals surface area contributed by atoms with E-state index in [4.69, 9.17) is 0 Å². The second-order valence-electron chi connectivity index (χ2n) is 3.47. The largest absolute Gasteiger partial charge is 0.416 e. The van der Waals surface area contributed by atoms with Gasteiger partial charge in [-0.2, -0.15) is 26.3 Å². The lowest BCUT2D eigenvalue weighted by Gasteiger charge is -2.21. The molecule has 0 heterocycles. The number of hydrogen-bond donors (Lipinski definition) is 0. The molecule has 0 amide bonds. The van der Waals surface area contributed by atoms with Crippen molar-refractivity contribution in [2.75, 3.05) is 0 Å². The normalized spacial score (nSPS) is 23.5. The Labute approximate surface area is 82.3 Å². The summed E-state index contributed by atoms with van der Waals surface area (Å²) in [6.45, 7) is 1.32. The van der Waals surface area contributed by atoms with Gasteiger partial charge in [-0.15, -0.1) is 0 Å². The lowest BCUT2D eigenvalue weighted by atomic mass is 9.91. The Morgan fingerprint density at radius 3 is 2.00 bits per heavy atom. The van der Waals surface area contributed by atoms with Gasteiger partial charge in [0.25, 0.3) is 0 Å². The molecule has 1 unspecified atom stereocenters. The van der Waals surface area contributed by atoms with E-state index < -0.39 is 35.8 Å². The van der Waals surface area contributed by atoms with Gasteiger partial charge in [0.15, 0.2) is 0 Å². The van der Waals surface area contributed by atoms with Crippen LogP contribution in [0.15, 0.2) is 23.3 Å². The first-order valence-corrected chi connectivity index (χ1v) is 4.17. The molecule has 1 rings (SSSR count). The molecule has 0 N–H and O–H groups in total. The SMILES string of the molecule is CC1C=C(C(F)(F)F)C=C(C(F)(F)F)C1. The molecule has 0 aliphatic heterocycles. The summed E-state index contributed by atoms with van der Waals surface area (Å²) in [6.07, 6.45) is -8.80. The Kier molecular flexibility index (Phi) is 2.89. The van der Waals surface area contributed by atoms with Crippen LogP contribution in [0.1, 0.15) is 13.3 Å². The highest BCUT2D eigenvalue weighted by atomic mass is 19.4. The van der Waals surface area contributed by atoms with Crippen molar-refractivity contribution in [3.8, 4) is 0 Å². The molecule has 0 spiro atoms. The van der Waals surface area contributed by atoms with Crippen LogP contribution in [0.2, 0.25) is 0 Å². The number of hydrogen-bond acceptors (Lipinski definition) is 0. The Bertz CT molecular complexity index is 304. The summed E-state index contributed by atoms with van der Waals surface area (Å²) in [5.74, 6) is -0.747.